The molecule has 29 heavy (non-hydrogen) atoms. The van der Waals surface area contributed by atoms with Crippen LogP contribution in [0.5, 0.6) is 5.75 Å². The number of carbonyl (C=O) groups excluding carboxylic acids is 2. The fraction of sp³-hybridized carbons (Fsp3) is 0.167. The number of benzene rings is 3. The second kappa shape index (κ2) is 7.18. The van der Waals surface area contributed by atoms with E-state index in [1.54, 1.807) is 36.4 Å². The van der Waals surface area contributed by atoms with Gasteiger partial charge >= 0.3 is 0 Å². The lowest BCUT2D eigenvalue weighted by molar-refractivity contribution is -0.136. The standard InChI is InChI=1S/C24H21NO4/c1-16-8-2-3-9-17(16)15-25-20-12-6-5-11-19(20)24(29,23(25)28)14-22(27)18-10-4-7-13-21(18)26/h2-13,26,29H,14-15H2,1H3/t24-/m0/s1. The third-order valence-electron chi connectivity index (χ3n) is 5.45. The molecule has 0 saturated carbocycles. The zero-order valence-corrected chi connectivity index (χ0v) is 16.0. The monoisotopic (exact) mass is 387 g/mol. The maximum atomic E-state index is 13.3. The van der Waals surface area contributed by atoms with Crippen LogP contribution in [0.15, 0.2) is 72.8 Å². The number of aromatic hydroxyl groups is 1. The molecule has 0 spiro atoms. The minimum absolute atomic E-state index is 0.0866. The van der Waals surface area contributed by atoms with Crippen molar-refractivity contribution in [3.63, 3.8) is 0 Å². The number of nitrogens with zero attached hydrogens (tertiary/aromatic N) is 1. The second-order valence-electron chi connectivity index (χ2n) is 7.31. The third kappa shape index (κ3) is 3.19. The number of aliphatic hydroxyl groups is 1. The lowest BCUT2D eigenvalue weighted by atomic mass is 9.88. The first kappa shape index (κ1) is 18.9. The molecule has 0 unspecified atom stereocenters. The summed E-state index contributed by atoms with van der Waals surface area (Å²) in [6.07, 6.45) is -0.440. The average Bonchev–Trinajstić information content (AvgIpc) is 2.92. The lowest BCUT2D eigenvalue weighted by Crippen LogP contribution is -2.41. The first-order valence-electron chi connectivity index (χ1n) is 9.41. The van der Waals surface area contributed by atoms with E-state index in [0.29, 0.717) is 17.8 Å². The number of amides is 1. The summed E-state index contributed by atoms with van der Waals surface area (Å²) in [6.45, 7) is 2.27. The van der Waals surface area contributed by atoms with Crippen LogP contribution in [0.25, 0.3) is 0 Å². The summed E-state index contributed by atoms with van der Waals surface area (Å²) in [4.78, 5) is 27.6. The molecule has 1 amide bonds. The van der Waals surface area contributed by atoms with Crippen molar-refractivity contribution in [2.24, 2.45) is 0 Å². The van der Waals surface area contributed by atoms with Crippen molar-refractivity contribution >= 4 is 17.4 Å². The summed E-state index contributed by atoms with van der Waals surface area (Å²) >= 11 is 0. The number of hydrogen-bond donors (Lipinski definition) is 2. The average molecular weight is 387 g/mol. The van der Waals surface area contributed by atoms with Crippen molar-refractivity contribution in [3.05, 3.63) is 95.1 Å². The van der Waals surface area contributed by atoms with Crippen molar-refractivity contribution in [1.29, 1.82) is 0 Å². The third-order valence-corrected chi connectivity index (χ3v) is 5.45. The van der Waals surface area contributed by atoms with Gasteiger partial charge in [0, 0.05) is 5.56 Å². The normalized spacial score (nSPS) is 18.0. The summed E-state index contributed by atoms with van der Waals surface area (Å²) in [5.74, 6) is -1.20. The van der Waals surface area contributed by atoms with Gasteiger partial charge in [-0.15, -0.1) is 0 Å². The maximum Gasteiger partial charge on any atom is 0.264 e. The van der Waals surface area contributed by atoms with Crippen molar-refractivity contribution in [2.75, 3.05) is 4.90 Å². The van der Waals surface area contributed by atoms with E-state index in [4.69, 9.17) is 0 Å². The number of hydrogen-bond acceptors (Lipinski definition) is 4. The molecule has 0 saturated heterocycles. The van der Waals surface area contributed by atoms with Crippen LogP contribution in [-0.2, 0) is 16.9 Å². The summed E-state index contributed by atoms with van der Waals surface area (Å²) < 4.78 is 0. The highest BCUT2D eigenvalue weighted by atomic mass is 16.3. The van der Waals surface area contributed by atoms with E-state index in [0.717, 1.165) is 11.1 Å². The van der Waals surface area contributed by atoms with Gasteiger partial charge in [0.25, 0.3) is 5.91 Å². The van der Waals surface area contributed by atoms with Crippen LogP contribution in [0.4, 0.5) is 5.69 Å². The van der Waals surface area contributed by atoms with E-state index in [2.05, 4.69) is 0 Å². The molecule has 5 heteroatoms. The number of aryl methyl sites for hydroxylation is 1. The van der Waals surface area contributed by atoms with Gasteiger partial charge in [-0.05, 0) is 36.2 Å². The van der Waals surface area contributed by atoms with E-state index in [1.165, 1.54) is 17.0 Å². The van der Waals surface area contributed by atoms with Crippen LogP contribution in [0.3, 0.4) is 0 Å². The van der Waals surface area contributed by atoms with Crippen molar-refractivity contribution in [2.45, 2.75) is 25.5 Å². The molecule has 1 heterocycles. The van der Waals surface area contributed by atoms with Crippen LogP contribution >= 0.6 is 0 Å². The largest absolute Gasteiger partial charge is 0.507 e. The van der Waals surface area contributed by atoms with Gasteiger partial charge in [0.05, 0.1) is 24.2 Å². The minimum Gasteiger partial charge on any atom is -0.507 e. The number of phenolic OH excluding ortho intramolecular Hbond substituents is 1. The molecule has 0 aromatic heterocycles. The molecule has 0 bridgehead atoms. The molecule has 146 valence electrons. The number of anilines is 1. The molecule has 0 fully saturated rings. The van der Waals surface area contributed by atoms with Gasteiger partial charge in [0.15, 0.2) is 11.4 Å². The highest BCUT2D eigenvalue weighted by Gasteiger charge is 2.50. The topological polar surface area (TPSA) is 77.8 Å². The zero-order valence-electron chi connectivity index (χ0n) is 16.0. The maximum absolute atomic E-state index is 13.3. The van der Waals surface area contributed by atoms with Crippen molar-refractivity contribution in [1.82, 2.24) is 0 Å². The Labute approximate surface area is 168 Å². The summed E-state index contributed by atoms with van der Waals surface area (Å²) in [6, 6.07) is 20.9. The Hall–Kier alpha value is -3.44. The van der Waals surface area contributed by atoms with Crippen LogP contribution in [0.1, 0.15) is 33.5 Å². The Morgan fingerprint density at radius 2 is 1.62 bits per heavy atom. The van der Waals surface area contributed by atoms with Gasteiger partial charge in [-0.3, -0.25) is 9.59 Å². The fourth-order valence-electron chi connectivity index (χ4n) is 3.83. The van der Waals surface area contributed by atoms with Gasteiger partial charge in [0.1, 0.15) is 5.75 Å². The Morgan fingerprint density at radius 3 is 2.38 bits per heavy atom. The number of phenols is 1. The van der Waals surface area contributed by atoms with Crippen LogP contribution in [0, 0.1) is 6.92 Å². The molecule has 5 nitrogen and oxygen atoms in total. The van der Waals surface area contributed by atoms with Gasteiger partial charge in [-0.1, -0.05) is 54.6 Å². The smallest absolute Gasteiger partial charge is 0.264 e. The van der Waals surface area contributed by atoms with Crippen LogP contribution in [-0.4, -0.2) is 21.9 Å². The SMILES string of the molecule is Cc1ccccc1CN1C(=O)[C@](O)(CC(=O)c2ccccc2O)c2ccccc21. The van der Waals surface area contributed by atoms with E-state index in [-0.39, 0.29) is 11.3 Å². The van der Waals surface area contributed by atoms with Crippen molar-refractivity contribution in [3.8, 4) is 5.75 Å². The highest BCUT2D eigenvalue weighted by molar-refractivity contribution is 6.11. The number of carbonyl (C=O) groups is 2. The predicted octanol–water partition coefficient (Wildman–Crippen LogP) is 3.71. The summed E-state index contributed by atoms with van der Waals surface area (Å²) in [7, 11) is 0. The summed E-state index contributed by atoms with van der Waals surface area (Å²) in [5, 5.41) is 21.3. The lowest BCUT2D eigenvalue weighted by Gasteiger charge is -2.23. The molecule has 3 aromatic rings. The van der Waals surface area contributed by atoms with E-state index < -0.39 is 23.7 Å². The first-order valence-corrected chi connectivity index (χ1v) is 9.41. The Morgan fingerprint density at radius 1 is 0.966 bits per heavy atom. The van der Waals surface area contributed by atoms with Gasteiger partial charge in [0.2, 0.25) is 0 Å². The Bertz CT molecular complexity index is 1110. The molecule has 0 aliphatic carbocycles. The number of para-hydroxylation sites is 2. The summed E-state index contributed by atoms with van der Waals surface area (Å²) in [5.41, 5.74) is 1.11. The Kier molecular flexibility index (Phi) is 4.68. The number of ketones is 1. The number of Topliss-reactive ketones (excluding diaryl/α,β-unsaturated/α-hetero) is 1. The zero-order chi connectivity index (χ0) is 20.6. The number of fused-ring (bicyclic) bond motifs is 1. The molecular formula is C24H21NO4. The van der Waals surface area contributed by atoms with Crippen molar-refractivity contribution < 1.29 is 19.8 Å². The second-order valence-corrected chi connectivity index (χ2v) is 7.31. The molecule has 2 N–H and O–H groups in total. The van der Waals surface area contributed by atoms with Gasteiger partial charge in [-0.2, -0.15) is 0 Å². The minimum atomic E-state index is -1.97. The van der Waals surface area contributed by atoms with Crippen LogP contribution < -0.4 is 4.90 Å². The Balaban J connectivity index is 1.71. The highest BCUT2D eigenvalue weighted by Crippen LogP contribution is 2.44. The quantitative estimate of drug-likeness (QED) is 0.655. The van der Waals surface area contributed by atoms with Crippen LogP contribution in [0.2, 0.25) is 0 Å². The predicted molar refractivity (Wildman–Crippen MR) is 110 cm³/mol. The molecule has 0 radical (unpaired) electrons. The molecule has 4 rings (SSSR count). The molecular weight excluding hydrogens is 366 g/mol. The van der Waals surface area contributed by atoms with E-state index >= 15 is 0 Å². The fourth-order valence-corrected chi connectivity index (χ4v) is 3.83. The molecule has 1 aliphatic rings. The van der Waals surface area contributed by atoms with Gasteiger partial charge < -0.3 is 15.1 Å². The molecule has 3 aromatic carbocycles. The molecule has 1 aliphatic heterocycles. The van der Waals surface area contributed by atoms with E-state index in [9.17, 15) is 19.8 Å². The van der Waals surface area contributed by atoms with E-state index in [1.807, 2.05) is 31.2 Å². The number of rotatable bonds is 5. The first-order chi connectivity index (χ1) is 13.9. The molecule has 1 atom stereocenters. The van der Waals surface area contributed by atoms with Gasteiger partial charge in [-0.25, -0.2) is 0 Å².